The van der Waals surface area contributed by atoms with Crippen LogP contribution in [0.1, 0.15) is 29.7 Å². The van der Waals surface area contributed by atoms with Crippen LogP contribution in [0.3, 0.4) is 0 Å². The summed E-state index contributed by atoms with van der Waals surface area (Å²) in [5.74, 6) is 1.30. The maximum absolute atomic E-state index is 13.4. The van der Waals surface area contributed by atoms with Gasteiger partial charge in [0.25, 0.3) is 5.56 Å². The van der Waals surface area contributed by atoms with Crippen LogP contribution in [0.5, 0.6) is 11.5 Å². The minimum atomic E-state index is -0.143. The second-order valence-electron chi connectivity index (χ2n) is 7.98. The largest absolute Gasteiger partial charge is 0.493 e. The van der Waals surface area contributed by atoms with E-state index in [1.54, 1.807) is 29.1 Å². The van der Waals surface area contributed by atoms with Crippen molar-refractivity contribution in [2.24, 2.45) is 0 Å². The number of nitrogens with one attached hydrogen (secondary N) is 1. The average Bonchev–Trinajstić information content (AvgIpc) is 3.03. The Kier molecular flexibility index (Phi) is 8.29. The molecule has 0 atom stereocenters. The molecule has 1 aliphatic rings. The van der Waals surface area contributed by atoms with Crippen molar-refractivity contribution >= 4 is 39.2 Å². The van der Waals surface area contributed by atoms with Gasteiger partial charge < -0.3 is 14.8 Å². The summed E-state index contributed by atoms with van der Waals surface area (Å²) in [5.41, 5.74) is 1.15. The summed E-state index contributed by atoms with van der Waals surface area (Å²) in [4.78, 5) is 32.7. The molecule has 0 radical (unpaired) electrons. The van der Waals surface area contributed by atoms with Gasteiger partial charge in [-0.25, -0.2) is 4.98 Å². The summed E-state index contributed by atoms with van der Waals surface area (Å²) < 4.78 is 12.6. The Morgan fingerprint density at radius 2 is 2.06 bits per heavy atom. The first kappa shape index (κ1) is 24.3. The van der Waals surface area contributed by atoms with Crippen molar-refractivity contribution in [2.45, 2.75) is 43.8 Å². The van der Waals surface area contributed by atoms with Gasteiger partial charge in [-0.2, -0.15) is 0 Å². The van der Waals surface area contributed by atoms with Gasteiger partial charge in [-0.05, 0) is 43.4 Å². The van der Waals surface area contributed by atoms with E-state index >= 15 is 0 Å². The summed E-state index contributed by atoms with van der Waals surface area (Å²) in [6.07, 6.45) is 7.11. The van der Waals surface area contributed by atoms with Crippen LogP contribution in [-0.2, 0) is 24.2 Å². The predicted molar refractivity (Wildman–Crippen MR) is 138 cm³/mol. The van der Waals surface area contributed by atoms with Crippen LogP contribution in [0.25, 0.3) is 10.2 Å². The molecule has 0 aliphatic heterocycles. The highest BCUT2D eigenvalue weighted by Gasteiger charge is 2.21. The maximum atomic E-state index is 13.4. The number of aryl methyl sites for hydroxylation is 2. The highest BCUT2D eigenvalue weighted by atomic mass is 32.2. The number of hydrogen-bond acceptors (Lipinski definition) is 7. The third-order valence-corrected chi connectivity index (χ3v) is 7.85. The second-order valence-corrected chi connectivity index (χ2v) is 10.0. The molecule has 1 aliphatic carbocycles. The van der Waals surface area contributed by atoms with Crippen molar-refractivity contribution in [1.82, 2.24) is 14.9 Å². The summed E-state index contributed by atoms with van der Waals surface area (Å²) >= 11 is 2.90. The van der Waals surface area contributed by atoms with E-state index in [0.29, 0.717) is 36.4 Å². The Morgan fingerprint density at radius 3 is 2.85 bits per heavy atom. The van der Waals surface area contributed by atoms with Crippen LogP contribution >= 0.6 is 23.1 Å². The maximum Gasteiger partial charge on any atom is 0.263 e. The van der Waals surface area contributed by atoms with E-state index in [1.807, 2.05) is 24.3 Å². The summed E-state index contributed by atoms with van der Waals surface area (Å²) in [7, 11) is 1.59. The average molecular weight is 500 g/mol. The zero-order valence-electron chi connectivity index (χ0n) is 19.3. The zero-order valence-corrected chi connectivity index (χ0v) is 20.9. The molecule has 0 saturated carbocycles. The number of methoxy groups -OCH3 is 1. The van der Waals surface area contributed by atoms with Crippen molar-refractivity contribution in [3.05, 3.63) is 57.7 Å². The number of ether oxygens (including phenoxy) is 2. The van der Waals surface area contributed by atoms with E-state index < -0.39 is 0 Å². The number of carbonyl (C=O) groups excluding carboxylic acids is 1. The number of allylic oxidation sites excluding steroid dienone is 1. The first-order valence-corrected chi connectivity index (χ1v) is 13.2. The lowest BCUT2D eigenvalue weighted by Gasteiger charge is -2.12. The number of aromatic nitrogens is 2. The molecule has 1 amide bonds. The van der Waals surface area contributed by atoms with Gasteiger partial charge in [0.05, 0.1) is 24.8 Å². The fourth-order valence-electron chi connectivity index (χ4n) is 4.07. The molecule has 7 nitrogen and oxygen atoms in total. The van der Waals surface area contributed by atoms with Crippen molar-refractivity contribution in [3.63, 3.8) is 0 Å². The summed E-state index contributed by atoms with van der Waals surface area (Å²) in [5, 5.41) is 4.16. The van der Waals surface area contributed by atoms with Crippen LogP contribution in [0.15, 0.2) is 46.9 Å². The van der Waals surface area contributed by atoms with Crippen molar-refractivity contribution in [3.8, 4) is 11.5 Å². The molecular weight excluding hydrogens is 470 g/mol. The fraction of sp³-hybridized carbons (Fsp3) is 0.400. The van der Waals surface area contributed by atoms with Gasteiger partial charge in [-0.15, -0.1) is 17.9 Å². The molecule has 0 unspecified atom stereocenters. The van der Waals surface area contributed by atoms with Gasteiger partial charge in [-0.1, -0.05) is 36.4 Å². The van der Waals surface area contributed by atoms with Crippen LogP contribution in [0.2, 0.25) is 0 Å². The van der Waals surface area contributed by atoms with Gasteiger partial charge in [0.1, 0.15) is 11.4 Å². The van der Waals surface area contributed by atoms with Crippen LogP contribution in [0.4, 0.5) is 0 Å². The topological polar surface area (TPSA) is 82.5 Å². The molecule has 1 N–H and O–H groups in total. The van der Waals surface area contributed by atoms with Crippen molar-refractivity contribution in [2.75, 3.05) is 26.0 Å². The molecule has 180 valence electrons. The standard InChI is InChI=1S/C25H29N3O4S2/c1-3-14-28-24(30)22-17-9-5-4-6-12-20(17)34-23(22)27-25(28)33-16-21(29)26-13-15-32-19-11-8-7-10-18(19)31-2/h3,7-8,10-11H,1,4-6,9,12-16H2,2H3,(H,26,29). The Balaban J connectivity index is 1.40. The number of fused-ring (bicyclic) bond motifs is 3. The number of carbonyl (C=O) groups is 1. The normalized spacial score (nSPS) is 13.2. The monoisotopic (exact) mass is 499 g/mol. The highest BCUT2D eigenvalue weighted by molar-refractivity contribution is 7.99. The predicted octanol–water partition coefficient (Wildman–Crippen LogP) is 4.21. The Hall–Kier alpha value is -2.78. The number of thioether (sulfide) groups is 1. The zero-order chi connectivity index (χ0) is 23.9. The van der Waals surface area contributed by atoms with E-state index in [4.69, 9.17) is 14.5 Å². The van der Waals surface area contributed by atoms with E-state index in [2.05, 4.69) is 11.9 Å². The molecule has 3 aromatic rings. The lowest BCUT2D eigenvalue weighted by Crippen LogP contribution is -2.30. The number of nitrogens with zero attached hydrogens (tertiary/aromatic N) is 2. The second kappa shape index (κ2) is 11.6. The number of hydrogen-bond donors (Lipinski definition) is 1. The molecule has 34 heavy (non-hydrogen) atoms. The Labute approximate surface area is 207 Å². The minimum Gasteiger partial charge on any atom is -0.493 e. The number of thiophene rings is 1. The number of amides is 1. The molecule has 2 aromatic heterocycles. The van der Waals surface area contributed by atoms with Crippen LogP contribution in [-0.4, -0.2) is 41.5 Å². The van der Waals surface area contributed by atoms with Gasteiger partial charge in [0, 0.05) is 11.4 Å². The number of para-hydroxylation sites is 2. The van der Waals surface area contributed by atoms with E-state index in [-0.39, 0.29) is 17.2 Å². The first-order chi connectivity index (χ1) is 16.6. The Bertz CT molecular complexity index is 1230. The lowest BCUT2D eigenvalue weighted by molar-refractivity contribution is -0.118. The Morgan fingerprint density at radius 1 is 1.26 bits per heavy atom. The number of benzene rings is 1. The third kappa shape index (κ3) is 5.47. The molecule has 1 aromatic carbocycles. The van der Waals surface area contributed by atoms with Gasteiger partial charge in [0.15, 0.2) is 16.7 Å². The molecule has 4 rings (SSSR count). The van der Waals surface area contributed by atoms with E-state index in [1.165, 1.54) is 28.6 Å². The van der Waals surface area contributed by atoms with E-state index in [0.717, 1.165) is 35.9 Å². The molecule has 0 spiro atoms. The molecule has 9 heteroatoms. The lowest BCUT2D eigenvalue weighted by atomic mass is 10.1. The SMILES string of the molecule is C=CCn1c(SCC(=O)NCCOc2ccccc2OC)nc2sc3c(c2c1=O)CCCCC3. The smallest absolute Gasteiger partial charge is 0.263 e. The quantitative estimate of drug-likeness (QED) is 0.148. The molecule has 2 heterocycles. The molecular formula is C25H29N3O4S2. The summed E-state index contributed by atoms with van der Waals surface area (Å²) in [6, 6.07) is 7.38. The minimum absolute atomic E-state index is 0.0302. The number of rotatable bonds is 10. The van der Waals surface area contributed by atoms with Crippen LogP contribution in [0, 0.1) is 0 Å². The van der Waals surface area contributed by atoms with Crippen LogP contribution < -0.4 is 20.3 Å². The van der Waals surface area contributed by atoms with Crippen molar-refractivity contribution < 1.29 is 14.3 Å². The summed E-state index contributed by atoms with van der Waals surface area (Å²) in [6.45, 7) is 4.84. The molecule has 0 fully saturated rings. The van der Waals surface area contributed by atoms with Crippen molar-refractivity contribution in [1.29, 1.82) is 0 Å². The van der Waals surface area contributed by atoms with Gasteiger partial charge in [0.2, 0.25) is 5.91 Å². The van der Waals surface area contributed by atoms with Gasteiger partial charge in [-0.3, -0.25) is 14.2 Å². The first-order valence-electron chi connectivity index (χ1n) is 11.4. The highest BCUT2D eigenvalue weighted by Crippen LogP contribution is 2.34. The van der Waals surface area contributed by atoms with Gasteiger partial charge >= 0.3 is 0 Å². The fourth-order valence-corrected chi connectivity index (χ4v) is 6.21. The molecule has 0 saturated heterocycles. The molecule has 0 bridgehead atoms. The van der Waals surface area contributed by atoms with E-state index in [9.17, 15) is 9.59 Å². The third-order valence-electron chi connectivity index (χ3n) is 5.68.